The van der Waals surface area contributed by atoms with Crippen LogP contribution in [0.5, 0.6) is 5.75 Å². The van der Waals surface area contributed by atoms with Gasteiger partial charge < -0.3 is 18.8 Å². The van der Waals surface area contributed by atoms with Crippen LogP contribution in [-0.2, 0) is 11.2 Å². The number of Topliss-reactive ketones (excluding diaryl/α,β-unsaturated/α-hetero) is 1. The molecule has 2 aromatic heterocycles. The van der Waals surface area contributed by atoms with Crippen LogP contribution in [0.1, 0.15) is 44.9 Å². The number of rotatable bonds is 9. The molecule has 0 spiro atoms. The van der Waals surface area contributed by atoms with Gasteiger partial charge in [0, 0.05) is 42.2 Å². The SMILES string of the molecule is COC(=O)c1cccc(OCC2CCN(c3ccc(CC(=O)c4oc5ccc(-c6ccccc6F)cc5c4C)cn3)CC2)c1. The lowest BCUT2D eigenvalue weighted by atomic mass is 9.97. The Labute approximate surface area is 255 Å². The van der Waals surface area contributed by atoms with Gasteiger partial charge in [0.05, 0.1) is 19.3 Å². The van der Waals surface area contributed by atoms with E-state index in [0.717, 1.165) is 53.8 Å². The van der Waals surface area contributed by atoms with Crippen molar-refractivity contribution in [1.82, 2.24) is 4.98 Å². The predicted molar refractivity (Wildman–Crippen MR) is 167 cm³/mol. The van der Waals surface area contributed by atoms with Crippen LogP contribution in [0, 0.1) is 18.7 Å². The molecule has 0 aliphatic carbocycles. The molecule has 0 saturated carbocycles. The average molecular weight is 593 g/mol. The van der Waals surface area contributed by atoms with Crippen molar-refractivity contribution >= 4 is 28.5 Å². The molecule has 5 aromatic rings. The number of hydrogen-bond donors (Lipinski definition) is 0. The van der Waals surface area contributed by atoms with Crippen molar-refractivity contribution < 1.29 is 27.9 Å². The zero-order valence-corrected chi connectivity index (χ0v) is 24.7. The summed E-state index contributed by atoms with van der Waals surface area (Å²) in [6.07, 6.45) is 3.85. The molecule has 0 radical (unpaired) electrons. The second-order valence-corrected chi connectivity index (χ2v) is 11.1. The molecule has 6 rings (SSSR count). The molecule has 0 unspecified atom stereocenters. The maximum atomic E-state index is 14.3. The number of carbonyl (C=O) groups excluding carboxylic acids is 2. The van der Waals surface area contributed by atoms with E-state index in [1.165, 1.54) is 13.2 Å². The molecular weight excluding hydrogens is 559 g/mol. The maximum Gasteiger partial charge on any atom is 0.337 e. The monoisotopic (exact) mass is 592 g/mol. The Kier molecular flexibility index (Phi) is 8.41. The fraction of sp³-hybridized carbons (Fsp3) is 0.250. The summed E-state index contributed by atoms with van der Waals surface area (Å²) in [5.74, 6) is 1.46. The van der Waals surface area contributed by atoms with Gasteiger partial charge in [-0.3, -0.25) is 4.79 Å². The zero-order valence-electron chi connectivity index (χ0n) is 24.7. The quantitative estimate of drug-likeness (QED) is 0.130. The largest absolute Gasteiger partial charge is 0.493 e. The van der Waals surface area contributed by atoms with Crippen LogP contribution in [0.3, 0.4) is 0 Å². The van der Waals surface area contributed by atoms with E-state index in [4.69, 9.17) is 13.9 Å². The molecule has 1 fully saturated rings. The number of nitrogens with zero attached hydrogens (tertiary/aromatic N) is 2. The van der Waals surface area contributed by atoms with E-state index < -0.39 is 0 Å². The third-order valence-corrected chi connectivity index (χ3v) is 8.23. The number of piperidine rings is 1. The van der Waals surface area contributed by atoms with E-state index >= 15 is 0 Å². The van der Waals surface area contributed by atoms with E-state index in [1.54, 1.807) is 48.7 Å². The molecule has 8 heteroatoms. The highest BCUT2D eigenvalue weighted by molar-refractivity contribution is 6.02. The smallest absolute Gasteiger partial charge is 0.337 e. The number of fused-ring (bicyclic) bond motifs is 1. The first-order valence-electron chi connectivity index (χ1n) is 14.7. The van der Waals surface area contributed by atoms with Crippen molar-refractivity contribution in [3.05, 3.63) is 113 Å². The van der Waals surface area contributed by atoms with Crippen molar-refractivity contribution in [3.63, 3.8) is 0 Å². The molecular formula is C36H33FN2O5. The van der Waals surface area contributed by atoms with Crippen LogP contribution < -0.4 is 9.64 Å². The molecule has 1 saturated heterocycles. The number of ether oxygens (including phenoxy) is 2. The predicted octanol–water partition coefficient (Wildman–Crippen LogP) is 7.45. The molecule has 1 aliphatic heterocycles. The molecule has 3 heterocycles. The van der Waals surface area contributed by atoms with E-state index in [-0.39, 0.29) is 24.0 Å². The van der Waals surface area contributed by atoms with Crippen LogP contribution in [0.25, 0.3) is 22.1 Å². The zero-order chi connectivity index (χ0) is 30.6. The van der Waals surface area contributed by atoms with E-state index in [0.29, 0.717) is 40.7 Å². The summed E-state index contributed by atoms with van der Waals surface area (Å²) in [5, 5.41) is 0.797. The number of hydrogen-bond acceptors (Lipinski definition) is 7. The van der Waals surface area contributed by atoms with E-state index in [1.807, 2.05) is 37.3 Å². The fourth-order valence-electron chi connectivity index (χ4n) is 5.70. The van der Waals surface area contributed by atoms with Crippen LogP contribution in [0.15, 0.2) is 89.5 Å². The van der Waals surface area contributed by atoms with Gasteiger partial charge in [-0.25, -0.2) is 14.2 Å². The first-order chi connectivity index (χ1) is 21.4. The second kappa shape index (κ2) is 12.7. The Balaban J connectivity index is 1.04. The van der Waals surface area contributed by atoms with Gasteiger partial charge in [0.15, 0.2) is 5.76 Å². The van der Waals surface area contributed by atoms with Gasteiger partial charge in [0.25, 0.3) is 0 Å². The van der Waals surface area contributed by atoms with Gasteiger partial charge in [0.2, 0.25) is 5.78 Å². The summed E-state index contributed by atoms with van der Waals surface area (Å²) < 4.78 is 31.1. The molecule has 0 amide bonds. The summed E-state index contributed by atoms with van der Waals surface area (Å²) in [6, 6.07) is 23.0. The minimum absolute atomic E-state index is 0.126. The highest BCUT2D eigenvalue weighted by Gasteiger charge is 2.22. The molecule has 7 nitrogen and oxygen atoms in total. The Bertz CT molecular complexity index is 1810. The minimum atomic E-state index is -0.382. The Hall–Kier alpha value is -4.98. The van der Waals surface area contributed by atoms with Crippen LogP contribution in [0.2, 0.25) is 0 Å². The lowest BCUT2D eigenvalue weighted by Crippen LogP contribution is -2.36. The van der Waals surface area contributed by atoms with Crippen LogP contribution in [0.4, 0.5) is 10.2 Å². The third kappa shape index (κ3) is 6.20. The summed E-state index contributed by atoms with van der Waals surface area (Å²) in [4.78, 5) is 31.9. The number of ketones is 1. The Morgan fingerprint density at radius 1 is 1.00 bits per heavy atom. The molecule has 3 aromatic carbocycles. The number of aryl methyl sites for hydroxylation is 1. The summed E-state index contributed by atoms with van der Waals surface area (Å²) >= 11 is 0. The standard InChI is InChI=1S/C36H33FN2O5/c1-23-30-20-26(29-8-3-4-9-31(29)37)11-12-33(30)44-35(23)32(40)18-25-10-13-34(38-21-25)39-16-14-24(15-17-39)22-43-28-7-5-6-27(19-28)36(41)42-2/h3-13,19-21,24H,14-18,22H2,1-2H3. The topological polar surface area (TPSA) is 81.9 Å². The molecule has 0 atom stereocenters. The van der Waals surface area contributed by atoms with E-state index in [9.17, 15) is 14.0 Å². The first kappa shape index (κ1) is 29.1. The van der Waals surface area contributed by atoms with Crippen LogP contribution in [-0.4, -0.2) is 43.5 Å². The maximum absolute atomic E-state index is 14.3. The highest BCUT2D eigenvalue weighted by atomic mass is 19.1. The Morgan fingerprint density at radius 2 is 1.82 bits per heavy atom. The molecule has 1 aliphatic rings. The number of anilines is 1. The molecule has 44 heavy (non-hydrogen) atoms. The van der Waals surface area contributed by atoms with Gasteiger partial charge >= 0.3 is 5.97 Å². The number of benzene rings is 3. The number of pyridine rings is 1. The van der Waals surface area contributed by atoms with Gasteiger partial charge in [-0.1, -0.05) is 36.4 Å². The van der Waals surface area contributed by atoms with Crippen molar-refractivity contribution in [2.45, 2.75) is 26.2 Å². The molecule has 0 bridgehead atoms. The van der Waals surface area contributed by atoms with Crippen LogP contribution >= 0.6 is 0 Å². The van der Waals surface area contributed by atoms with Crippen molar-refractivity contribution in [3.8, 4) is 16.9 Å². The number of halogens is 1. The van der Waals surface area contributed by atoms with Gasteiger partial charge in [-0.2, -0.15) is 0 Å². The first-order valence-corrected chi connectivity index (χ1v) is 14.7. The van der Waals surface area contributed by atoms with E-state index in [2.05, 4.69) is 9.88 Å². The van der Waals surface area contributed by atoms with Gasteiger partial charge in [-0.15, -0.1) is 0 Å². The summed E-state index contributed by atoms with van der Waals surface area (Å²) in [7, 11) is 1.36. The second-order valence-electron chi connectivity index (χ2n) is 11.1. The fourth-order valence-corrected chi connectivity index (χ4v) is 5.70. The lowest BCUT2D eigenvalue weighted by molar-refractivity contribution is 0.0600. The highest BCUT2D eigenvalue weighted by Crippen LogP contribution is 2.32. The third-order valence-electron chi connectivity index (χ3n) is 8.23. The number of esters is 1. The average Bonchev–Trinajstić information content (AvgIpc) is 3.40. The summed E-state index contributed by atoms with van der Waals surface area (Å²) in [5.41, 5.74) is 3.87. The van der Waals surface area contributed by atoms with Crippen molar-refractivity contribution in [2.75, 3.05) is 31.7 Å². The van der Waals surface area contributed by atoms with Gasteiger partial charge in [0.1, 0.15) is 23.0 Å². The number of aromatic nitrogens is 1. The van der Waals surface area contributed by atoms with Gasteiger partial charge in [-0.05, 0) is 79.3 Å². The Morgan fingerprint density at radius 3 is 2.57 bits per heavy atom. The molecule has 0 N–H and O–H groups in total. The summed E-state index contributed by atoms with van der Waals surface area (Å²) in [6.45, 7) is 4.15. The number of methoxy groups -OCH3 is 1. The molecule has 224 valence electrons. The minimum Gasteiger partial charge on any atom is -0.493 e. The number of carbonyl (C=O) groups is 2. The lowest BCUT2D eigenvalue weighted by Gasteiger charge is -2.32. The number of furan rings is 1. The van der Waals surface area contributed by atoms with Crippen molar-refractivity contribution in [2.24, 2.45) is 5.92 Å². The normalized spacial score (nSPS) is 13.7. The van der Waals surface area contributed by atoms with Crippen molar-refractivity contribution in [1.29, 1.82) is 0 Å².